The SMILES string of the molecule is CCC(O)C1CC(N)CN(CC#N)C1. The maximum atomic E-state index is 9.72. The van der Waals surface area contributed by atoms with Crippen LogP contribution < -0.4 is 5.73 Å². The third-order valence-corrected chi connectivity index (χ3v) is 2.85. The molecule has 1 aliphatic rings. The van der Waals surface area contributed by atoms with Crippen molar-refractivity contribution in [3.63, 3.8) is 0 Å². The van der Waals surface area contributed by atoms with E-state index in [9.17, 15) is 5.11 Å². The van der Waals surface area contributed by atoms with Crippen LogP contribution in [-0.2, 0) is 0 Å². The first-order chi connectivity index (χ1) is 6.67. The number of piperidine rings is 1. The van der Waals surface area contributed by atoms with Crippen LogP contribution >= 0.6 is 0 Å². The quantitative estimate of drug-likeness (QED) is 0.621. The third-order valence-electron chi connectivity index (χ3n) is 2.85. The summed E-state index contributed by atoms with van der Waals surface area (Å²) in [6.45, 7) is 3.97. The van der Waals surface area contributed by atoms with Crippen LogP contribution in [0.15, 0.2) is 0 Å². The van der Waals surface area contributed by atoms with Gasteiger partial charge in [-0.3, -0.25) is 4.90 Å². The molecular formula is C10H19N3O. The Bertz CT molecular complexity index is 214. The van der Waals surface area contributed by atoms with Crippen LogP contribution in [0.3, 0.4) is 0 Å². The van der Waals surface area contributed by atoms with Crippen LogP contribution in [0.4, 0.5) is 0 Å². The van der Waals surface area contributed by atoms with E-state index >= 15 is 0 Å². The number of hydrogen-bond acceptors (Lipinski definition) is 4. The number of nitriles is 1. The van der Waals surface area contributed by atoms with Crippen molar-refractivity contribution in [1.29, 1.82) is 5.26 Å². The van der Waals surface area contributed by atoms with Crippen molar-refractivity contribution in [2.75, 3.05) is 19.6 Å². The zero-order valence-electron chi connectivity index (χ0n) is 8.69. The van der Waals surface area contributed by atoms with Gasteiger partial charge in [0.25, 0.3) is 0 Å². The van der Waals surface area contributed by atoms with Crippen LogP contribution in [0.2, 0.25) is 0 Å². The summed E-state index contributed by atoms with van der Waals surface area (Å²) in [7, 11) is 0. The lowest BCUT2D eigenvalue weighted by molar-refractivity contribution is 0.0461. The number of aliphatic hydroxyl groups is 1. The van der Waals surface area contributed by atoms with Crippen LogP contribution in [0, 0.1) is 17.2 Å². The zero-order chi connectivity index (χ0) is 10.6. The van der Waals surface area contributed by atoms with E-state index in [1.807, 2.05) is 11.8 Å². The minimum absolute atomic E-state index is 0.100. The van der Waals surface area contributed by atoms with Gasteiger partial charge in [0.05, 0.1) is 18.7 Å². The average molecular weight is 197 g/mol. The highest BCUT2D eigenvalue weighted by Gasteiger charge is 2.28. The minimum atomic E-state index is -0.275. The van der Waals surface area contributed by atoms with Gasteiger partial charge >= 0.3 is 0 Å². The van der Waals surface area contributed by atoms with Gasteiger partial charge in [0.2, 0.25) is 0 Å². The summed E-state index contributed by atoms with van der Waals surface area (Å²) >= 11 is 0. The first kappa shape index (κ1) is 11.4. The molecule has 0 amide bonds. The minimum Gasteiger partial charge on any atom is -0.393 e. The van der Waals surface area contributed by atoms with E-state index < -0.39 is 0 Å². The second-order valence-corrected chi connectivity index (χ2v) is 4.08. The Morgan fingerprint density at radius 1 is 1.64 bits per heavy atom. The predicted octanol–water partition coefficient (Wildman–Crippen LogP) is -0.0699. The molecule has 0 bridgehead atoms. The summed E-state index contributed by atoms with van der Waals surface area (Å²) in [6.07, 6.45) is 1.36. The highest BCUT2D eigenvalue weighted by atomic mass is 16.3. The maximum Gasteiger partial charge on any atom is 0.0866 e. The number of likely N-dealkylation sites (tertiary alicyclic amines) is 1. The predicted molar refractivity (Wildman–Crippen MR) is 54.4 cm³/mol. The molecule has 1 fully saturated rings. The third kappa shape index (κ3) is 2.95. The Labute approximate surface area is 85.3 Å². The number of aliphatic hydroxyl groups excluding tert-OH is 1. The summed E-state index contributed by atoms with van der Waals surface area (Å²) in [5.41, 5.74) is 5.88. The molecule has 4 nitrogen and oxygen atoms in total. The van der Waals surface area contributed by atoms with E-state index in [4.69, 9.17) is 11.0 Å². The molecular weight excluding hydrogens is 178 g/mol. The van der Waals surface area contributed by atoms with E-state index in [2.05, 4.69) is 6.07 Å². The molecule has 3 N–H and O–H groups in total. The van der Waals surface area contributed by atoms with Gasteiger partial charge < -0.3 is 10.8 Å². The highest BCUT2D eigenvalue weighted by molar-refractivity contribution is 4.88. The maximum absolute atomic E-state index is 9.72. The van der Waals surface area contributed by atoms with E-state index in [0.717, 1.165) is 25.9 Å². The van der Waals surface area contributed by atoms with E-state index in [1.54, 1.807) is 0 Å². The summed E-state index contributed by atoms with van der Waals surface area (Å²) in [5, 5.41) is 18.3. The number of nitrogens with two attached hydrogens (primary N) is 1. The molecule has 0 aromatic carbocycles. The monoisotopic (exact) mass is 197 g/mol. The molecule has 4 heteroatoms. The smallest absolute Gasteiger partial charge is 0.0866 e. The summed E-state index contributed by atoms with van der Waals surface area (Å²) in [6, 6.07) is 2.22. The Morgan fingerprint density at radius 3 is 2.93 bits per heavy atom. The Kier molecular flexibility index (Phi) is 4.33. The van der Waals surface area contributed by atoms with E-state index in [1.165, 1.54) is 0 Å². The molecule has 1 rings (SSSR count). The van der Waals surface area contributed by atoms with Gasteiger partial charge in [-0.1, -0.05) is 6.92 Å². The lowest BCUT2D eigenvalue weighted by Crippen LogP contribution is -2.49. The molecule has 1 saturated heterocycles. The molecule has 80 valence electrons. The molecule has 0 aromatic rings. The summed E-state index contributed by atoms with van der Waals surface area (Å²) in [4.78, 5) is 2.03. The fraction of sp³-hybridized carbons (Fsp3) is 0.900. The molecule has 1 aliphatic heterocycles. The molecule has 3 unspecified atom stereocenters. The second kappa shape index (κ2) is 5.30. The topological polar surface area (TPSA) is 73.3 Å². The molecule has 1 heterocycles. The number of rotatable bonds is 3. The molecule has 0 aliphatic carbocycles. The van der Waals surface area contributed by atoms with Crippen molar-refractivity contribution in [3.05, 3.63) is 0 Å². The summed E-state index contributed by atoms with van der Waals surface area (Å²) in [5.74, 6) is 0.233. The average Bonchev–Trinajstić information content (AvgIpc) is 2.16. The van der Waals surface area contributed by atoms with Crippen molar-refractivity contribution < 1.29 is 5.11 Å². The van der Waals surface area contributed by atoms with Gasteiger partial charge in [0.15, 0.2) is 0 Å². The summed E-state index contributed by atoms with van der Waals surface area (Å²) < 4.78 is 0. The number of nitrogens with zero attached hydrogens (tertiary/aromatic N) is 2. The van der Waals surface area contributed by atoms with Crippen molar-refractivity contribution in [3.8, 4) is 6.07 Å². The molecule has 3 atom stereocenters. The van der Waals surface area contributed by atoms with Crippen molar-refractivity contribution >= 4 is 0 Å². The van der Waals surface area contributed by atoms with Crippen LogP contribution in [0.1, 0.15) is 19.8 Å². The number of hydrogen-bond donors (Lipinski definition) is 2. The highest BCUT2D eigenvalue weighted by Crippen LogP contribution is 2.20. The van der Waals surface area contributed by atoms with Crippen LogP contribution in [0.25, 0.3) is 0 Å². The van der Waals surface area contributed by atoms with Crippen molar-refractivity contribution in [2.45, 2.75) is 31.9 Å². The fourth-order valence-electron chi connectivity index (χ4n) is 2.12. The lowest BCUT2D eigenvalue weighted by Gasteiger charge is -2.36. The van der Waals surface area contributed by atoms with Gasteiger partial charge in [-0.2, -0.15) is 5.26 Å². The molecule has 0 saturated carbocycles. The fourth-order valence-corrected chi connectivity index (χ4v) is 2.12. The standard InChI is InChI=1S/C10H19N3O/c1-2-10(14)8-5-9(12)7-13(6-8)4-3-11/h8-10,14H,2,4-7,12H2,1H3. The van der Waals surface area contributed by atoms with E-state index in [0.29, 0.717) is 6.54 Å². The van der Waals surface area contributed by atoms with Crippen LogP contribution in [0.5, 0.6) is 0 Å². The largest absolute Gasteiger partial charge is 0.393 e. The van der Waals surface area contributed by atoms with Gasteiger partial charge in [-0.15, -0.1) is 0 Å². The lowest BCUT2D eigenvalue weighted by atomic mass is 9.89. The van der Waals surface area contributed by atoms with Crippen molar-refractivity contribution in [1.82, 2.24) is 4.90 Å². The normalized spacial score (nSPS) is 31.0. The van der Waals surface area contributed by atoms with Crippen molar-refractivity contribution in [2.24, 2.45) is 11.7 Å². The molecule has 0 aromatic heterocycles. The second-order valence-electron chi connectivity index (χ2n) is 4.08. The zero-order valence-corrected chi connectivity index (χ0v) is 8.69. The Hall–Kier alpha value is -0.630. The van der Waals surface area contributed by atoms with Gasteiger partial charge in [-0.25, -0.2) is 0 Å². The van der Waals surface area contributed by atoms with Crippen LogP contribution in [-0.4, -0.2) is 41.8 Å². The molecule has 0 radical (unpaired) electrons. The Balaban J connectivity index is 2.50. The van der Waals surface area contributed by atoms with Gasteiger partial charge in [0.1, 0.15) is 0 Å². The molecule has 0 spiro atoms. The Morgan fingerprint density at radius 2 is 2.36 bits per heavy atom. The first-order valence-corrected chi connectivity index (χ1v) is 5.20. The first-order valence-electron chi connectivity index (χ1n) is 5.20. The van der Waals surface area contributed by atoms with Gasteiger partial charge in [0, 0.05) is 19.1 Å². The van der Waals surface area contributed by atoms with Gasteiger partial charge in [-0.05, 0) is 18.8 Å². The van der Waals surface area contributed by atoms with E-state index in [-0.39, 0.29) is 18.1 Å². The molecule has 14 heavy (non-hydrogen) atoms.